The zero-order valence-corrected chi connectivity index (χ0v) is 11.6. The van der Waals surface area contributed by atoms with Gasteiger partial charge in [0, 0.05) is 11.1 Å². The standard InChI is InChI=1S/C16H20O3/c1-5-7-14-8-13(10-17)9-15(18-6-2)16(14)19-11-12(3)4/h5,8-10H,1,3,6-7,11H2,2,4H3. The molecule has 0 aliphatic carbocycles. The smallest absolute Gasteiger partial charge is 0.165 e. The van der Waals surface area contributed by atoms with Gasteiger partial charge in [-0.25, -0.2) is 0 Å². The second-order valence-electron chi connectivity index (χ2n) is 4.30. The Morgan fingerprint density at radius 3 is 2.63 bits per heavy atom. The monoisotopic (exact) mass is 260 g/mol. The lowest BCUT2D eigenvalue weighted by Crippen LogP contribution is -2.05. The topological polar surface area (TPSA) is 35.5 Å². The molecule has 0 amide bonds. The van der Waals surface area contributed by atoms with E-state index in [0.29, 0.717) is 36.7 Å². The van der Waals surface area contributed by atoms with E-state index in [4.69, 9.17) is 9.47 Å². The Hall–Kier alpha value is -2.03. The third-order valence-corrected chi connectivity index (χ3v) is 2.42. The molecule has 0 aliphatic heterocycles. The van der Waals surface area contributed by atoms with Crippen molar-refractivity contribution in [2.24, 2.45) is 0 Å². The summed E-state index contributed by atoms with van der Waals surface area (Å²) in [7, 11) is 0. The predicted octanol–water partition coefficient (Wildman–Crippen LogP) is 3.58. The van der Waals surface area contributed by atoms with Gasteiger partial charge in [0.15, 0.2) is 11.5 Å². The summed E-state index contributed by atoms with van der Waals surface area (Å²) in [5, 5.41) is 0. The van der Waals surface area contributed by atoms with Crippen LogP contribution >= 0.6 is 0 Å². The lowest BCUT2D eigenvalue weighted by atomic mass is 10.1. The van der Waals surface area contributed by atoms with Crippen molar-refractivity contribution in [3.63, 3.8) is 0 Å². The van der Waals surface area contributed by atoms with Crippen molar-refractivity contribution < 1.29 is 14.3 Å². The van der Waals surface area contributed by atoms with Gasteiger partial charge in [-0.1, -0.05) is 12.7 Å². The third-order valence-electron chi connectivity index (χ3n) is 2.42. The van der Waals surface area contributed by atoms with E-state index in [1.54, 1.807) is 18.2 Å². The number of allylic oxidation sites excluding steroid dienone is 1. The van der Waals surface area contributed by atoms with Crippen molar-refractivity contribution in [2.75, 3.05) is 13.2 Å². The molecule has 0 spiro atoms. The molecule has 1 aromatic rings. The Bertz CT molecular complexity index is 475. The normalized spacial score (nSPS) is 9.79. The van der Waals surface area contributed by atoms with Crippen LogP contribution in [-0.2, 0) is 6.42 Å². The molecule has 0 saturated carbocycles. The zero-order valence-electron chi connectivity index (χ0n) is 11.6. The number of aldehydes is 1. The van der Waals surface area contributed by atoms with Crippen molar-refractivity contribution in [2.45, 2.75) is 20.3 Å². The Labute approximate surface area is 114 Å². The minimum absolute atomic E-state index is 0.421. The van der Waals surface area contributed by atoms with Crippen molar-refractivity contribution >= 4 is 6.29 Å². The minimum Gasteiger partial charge on any atom is -0.490 e. The molecular formula is C16H20O3. The molecule has 0 radical (unpaired) electrons. The molecule has 1 aromatic carbocycles. The second kappa shape index (κ2) is 7.41. The maximum atomic E-state index is 11.0. The van der Waals surface area contributed by atoms with Gasteiger partial charge in [0.1, 0.15) is 12.9 Å². The van der Waals surface area contributed by atoms with E-state index in [-0.39, 0.29) is 0 Å². The zero-order chi connectivity index (χ0) is 14.3. The van der Waals surface area contributed by atoms with Crippen LogP contribution < -0.4 is 9.47 Å². The van der Waals surface area contributed by atoms with Gasteiger partial charge in [-0.3, -0.25) is 4.79 Å². The van der Waals surface area contributed by atoms with Crippen LogP contribution in [0, 0.1) is 0 Å². The number of rotatable bonds is 8. The SMILES string of the molecule is C=CCc1cc(C=O)cc(OCC)c1OCC(=C)C. The van der Waals surface area contributed by atoms with Gasteiger partial charge in [-0.2, -0.15) is 0 Å². The Balaban J connectivity index is 3.21. The maximum Gasteiger partial charge on any atom is 0.165 e. The first-order chi connectivity index (χ1) is 9.12. The maximum absolute atomic E-state index is 11.0. The number of carbonyl (C=O) groups is 1. The fourth-order valence-electron chi connectivity index (χ4n) is 1.68. The van der Waals surface area contributed by atoms with Crippen molar-refractivity contribution in [3.8, 4) is 11.5 Å². The van der Waals surface area contributed by atoms with E-state index in [1.165, 1.54) is 0 Å². The van der Waals surface area contributed by atoms with Gasteiger partial charge in [0.2, 0.25) is 0 Å². The average molecular weight is 260 g/mol. The van der Waals surface area contributed by atoms with Crippen LogP contribution in [0.5, 0.6) is 11.5 Å². The summed E-state index contributed by atoms with van der Waals surface area (Å²) in [6.45, 7) is 12.3. The fourth-order valence-corrected chi connectivity index (χ4v) is 1.68. The molecule has 0 heterocycles. The highest BCUT2D eigenvalue weighted by Crippen LogP contribution is 2.33. The summed E-state index contributed by atoms with van der Waals surface area (Å²) in [6.07, 6.45) is 3.19. The Kier molecular flexibility index (Phi) is 5.86. The first-order valence-electron chi connectivity index (χ1n) is 6.25. The number of benzene rings is 1. The summed E-state index contributed by atoms with van der Waals surface area (Å²) in [6, 6.07) is 3.49. The van der Waals surface area contributed by atoms with E-state index in [9.17, 15) is 4.79 Å². The van der Waals surface area contributed by atoms with Crippen molar-refractivity contribution in [1.29, 1.82) is 0 Å². The summed E-state index contributed by atoms with van der Waals surface area (Å²) in [4.78, 5) is 11.0. The van der Waals surface area contributed by atoms with Crippen molar-refractivity contribution in [3.05, 3.63) is 48.1 Å². The van der Waals surface area contributed by atoms with Crippen LogP contribution in [0.25, 0.3) is 0 Å². The van der Waals surface area contributed by atoms with E-state index in [0.717, 1.165) is 17.4 Å². The van der Waals surface area contributed by atoms with Gasteiger partial charge in [-0.15, -0.1) is 6.58 Å². The van der Waals surface area contributed by atoms with Gasteiger partial charge in [0.25, 0.3) is 0 Å². The molecule has 3 heteroatoms. The summed E-state index contributed by atoms with van der Waals surface area (Å²) >= 11 is 0. The highest BCUT2D eigenvalue weighted by atomic mass is 16.5. The lowest BCUT2D eigenvalue weighted by molar-refractivity contribution is 0.112. The summed E-state index contributed by atoms with van der Waals surface area (Å²) < 4.78 is 11.3. The summed E-state index contributed by atoms with van der Waals surface area (Å²) in [5.41, 5.74) is 2.39. The molecule has 0 atom stereocenters. The molecule has 0 N–H and O–H groups in total. The van der Waals surface area contributed by atoms with Crippen LogP contribution in [0.15, 0.2) is 36.9 Å². The van der Waals surface area contributed by atoms with Crippen LogP contribution in [0.2, 0.25) is 0 Å². The van der Waals surface area contributed by atoms with Crippen LogP contribution in [0.1, 0.15) is 29.8 Å². The average Bonchev–Trinajstić information content (AvgIpc) is 2.37. The molecule has 0 aromatic heterocycles. The van der Waals surface area contributed by atoms with Gasteiger partial charge < -0.3 is 9.47 Å². The largest absolute Gasteiger partial charge is 0.490 e. The van der Waals surface area contributed by atoms with Gasteiger partial charge >= 0.3 is 0 Å². The molecular weight excluding hydrogens is 240 g/mol. The molecule has 0 saturated heterocycles. The lowest BCUT2D eigenvalue weighted by Gasteiger charge is -2.16. The highest BCUT2D eigenvalue weighted by Gasteiger charge is 2.13. The van der Waals surface area contributed by atoms with Crippen LogP contribution in [0.4, 0.5) is 0 Å². The third kappa shape index (κ3) is 4.28. The van der Waals surface area contributed by atoms with Crippen LogP contribution in [-0.4, -0.2) is 19.5 Å². The van der Waals surface area contributed by atoms with Crippen molar-refractivity contribution in [1.82, 2.24) is 0 Å². The first kappa shape index (κ1) is 15.0. The predicted molar refractivity (Wildman–Crippen MR) is 77.2 cm³/mol. The Morgan fingerprint density at radius 1 is 1.37 bits per heavy atom. The van der Waals surface area contributed by atoms with E-state index in [2.05, 4.69) is 13.2 Å². The van der Waals surface area contributed by atoms with Gasteiger partial charge in [0.05, 0.1) is 6.61 Å². The number of hydrogen-bond donors (Lipinski definition) is 0. The Morgan fingerprint density at radius 2 is 2.11 bits per heavy atom. The molecule has 0 aliphatic rings. The highest BCUT2D eigenvalue weighted by molar-refractivity contribution is 5.77. The van der Waals surface area contributed by atoms with E-state index in [1.807, 2.05) is 13.8 Å². The summed E-state index contributed by atoms with van der Waals surface area (Å²) in [5.74, 6) is 1.25. The quantitative estimate of drug-likeness (QED) is 0.529. The molecule has 0 fully saturated rings. The minimum atomic E-state index is 0.421. The van der Waals surface area contributed by atoms with E-state index < -0.39 is 0 Å². The molecule has 3 nitrogen and oxygen atoms in total. The number of carbonyl (C=O) groups excluding carboxylic acids is 1. The molecule has 0 bridgehead atoms. The number of ether oxygens (including phenoxy) is 2. The first-order valence-corrected chi connectivity index (χ1v) is 6.25. The van der Waals surface area contributed by atoms with Crippen LogP contribution in [0.3, 0.4) is 0 Å². The fraction of sp³-hybridized carbons (Fsp3) is 0.312. The van der Waals surface area contributed by atoms with E-state index >= 15 is 0 Å². The molecule has 102 valence electrons. The number of hydrogen-bond acceptors (Lipinski definition) is 3. The second-order valence-corrected chi connectivity index (χ2v) is 4.30. The molecule has 1 rings (SSSR count). The molecule has 0 unspecified atom stereocenters. The van der Waals surface area contributed by atoms with Gasteiger partial charge in [-0.05, 0) is 38.0 Å². The molecule has 19 heavy (non-hydrogen) atoms.